The van der Waals surface area contributed by atoms with Crippen LogP contribution in [0.4, 0.5) is 0 Å². The molecular formula is C39H32IrN2-2. The fraction of sp³-hybridized carbons (Fsp3) is 0.128. The Hall–Kier alpha value is -4.17. The summed E-state index contributed by atoms with van der Waals surface area (Å²) >= 11 is 0. The van der Waals surface area contributed by atoms with Gasteiger partial charge < -0.3 is 9.97 Å². The molecule has 0 bridgehead atoms. The zero-order chi connectivity index (χ0) is 28.4. The Labute approximate surface area is 262 Å². The zero-order valence-corrected chi connectivity index (χ0v) is 26.7. The molecule has 0 aliphatic heterocycles. The molecular weight excluding hydrogens is 689 g/mol. The van der Waals surface area contributed by atoms with E-state index in [0.29, 0.717) is 0 Å². The molecule has 0 amide bonds. The van der Waals surface area contributed by atoms with Gasteiger partial charge in [-0.3, -0.25) is 0 Å². The van der Waals surface area contributed by atoms with Gasteiger partial charge in [0.1, 0.15) is 0 Å². The summed E-state index contributed by atoms with van der Waals surface area (Å²) in [6.07, 6.45) is 3.74. The fourth-order valence-corrected chi connectivity index (χ4v) is 5.76. The molecule has 209 valence electrons. The standard InChI is InChI=1S/C26H20N.C13H12N.Ir/c1-26(2)23-14-7-6-11-20(23)21-12-8-13-22(25(21)26)24-17-19(15-16-27-24)18-9-4-3-5-10-18;1-10-4-3-5-12(8-10)13-9-11(2)6-7-14-13;/h3-12,14-17H,1-2H3;3-4,6-9H,1-2H3;/q2*-1;. The third-order valence-corrected chi connectivity index (χ3v) is 7.78. The molecule has 4 aromatic carbocycles. The molecule has 0 N–H and O–H groups in total. The Morgan fingerprint density at radius 2 is 1.29 bits per heavy atom. The molecule has 42 heavy (non-hydrogen) atoms. The van der Waals surface area contributed by atoms with Crippen LogP contribution in [0.5, 0.6) is 0 Å². The van der Waals surface area contributed by atoms with E-state index >= 15 is 0 Å². The summed E-state index contributed by atoms with van der Waals surface area (Å²) in [5, 5.41) is 0. The molecule has 0 fully saturated rings. The largest absolute Gasteiger partial charge is 0.305 e. The number of pyridine rings is 2. The van der Waals surface area contributed by atoms with Crippen LogP contribution in [0.3, 0.4) is 0 Å². The zero-order valence-electron chi connectivity index (χ0n) is 24.3. The molecule has 0 saturated carbocycles. The van der Waals surface area contributed by atoms with Crippen molar-refractivity contribution in [1.29, 1.82) is 0 Å². The molecule has 3 heteroatoms. The Balaban J connectivity index is 0.000000200. The van der Waals surface area contributed by atoms with E-state index in [2.05, 4.69) is 124 Å². The number of hydrogen-bond donors (Lipinski definition) is 0. The molecule has 0 atom stereocenters. The molecule has 0 spiro atoms. The second-order valence-corrected chi connectivity index (χ2v) is 11.1. The number of aryl methyl sites for hydroxylation is 2. The number of fused-ring (bicyclic) bond motifs is 3. The van der Waals surface area contributed by atoms with E-state index in [1.165, 1.54) is 44.5 Å². The Morgan fingerprint density at radius 3 is 2.07 bits per heavy atom. The van der Waals surface area contributed by atoms with Crippen molar-refractivity contribution in [2.45, 2.75) is 33.1 Å². The maximum atomic E-state index is 4.71. The minimum atomic E-state index is -0.0660. The summed E-state index contributed by atoms with van der Waals surface area (Å²) in [6, 6.07) is 44.5. The smallest absolute Gasteiger partial charge is 0.0166 e. The summed E-state index contributed by atoms with van der Waals surface area (Å²) in [7, 11) is 0. The summed E-state index contributed by atoms with van der Waals surface area (Å²) < 4.78 is 0. The molecule has 2 aromatic heterocycles. The van der Waals surface area contributed by atoms with Crippen LogP contribution in [-0.4, -0.2) is 9.97 Å². The predicted octanol–water partition coefficient (Wildman–Crippen LogP) is 9.69. The Bertz CT molecular complexity index is 1800. The summed E-state index contributed by atoms with van der Waals surface area (Å²) in [4.78, 5) is 9.03. The Morgan fingerprint density at radius 1 is 0.595 bits per heavy atom. The molecule has 1 aliphatic rings. The van der Waals surface area contributed by atoms with Gasteiger partial charge in [-0.1, -0.05) is 98.6 Å². The van der Waals surface area contributed by atoms with E-state index in [1.807, 2.05) is 42.7 Å². The normalized spacial score (nSPS) is 12.3. The van der Waals surface area contributed by atoms with Gasteiger partial charge in [0.15, 0.2) is 0 Å². The van der Waals surface area contributed by atoms with Crippen LogP contribution >= 0.6 is 0 Å². The summed E-state index contributed by atoms with van der Waals surface area (Å²) in [5.41, 5.74) is 14.3. The fourth-order valence-electron chi connectivity index (χ4n) is 5.76. The van der Waals surface area contributed by atoms with E-state index < -0.39 is 0 Å². The number of benzene rings is 4. The summed E-state index contributed by atoms with van der Waals surface area (Å²) in [5.74, 6) is 0. The first-order chi connectivity index (χ1) is 19.9. The van der Waals surface area contributed by atoms with E-state index in [1.54, 1.807) is 0 Å². The molecule has 6 aromatic rings. The van der Waals surface area contributed by atoms with Gasteiger partial charge in [-0.05, 0) is 58.1 Å². The van der Waals surface area contributed by atoms with Gasteiger partial charge >= 0.3 is 0 Å². The number of hydrogen-bond acceptors (Lipinski definition) is 2. The third kappa shape index (κ3) is 5.76. The molecule has 7 rings (SSSR count). The second-order valence-electron chi connectivity index (χ2n) is 11.1. The average Bonchev–Trinajstić information content (AvgIpc) is 3.25. The first-order valence-electron chi connectivity index (χ1n) is 14.0. The van der Waals surface area contributed by atoms with Crippen molar-refractivity contribution in [1.82, 2.24) is 9.97 Å². The molecule has 0 saturated heterocycles. The molecule has 0 unspecified atom stereocenters. The minimum Gasteiger partial charge on any atom is -0.305 e. The van der Waals surface area contributed by atoms with Gasteiger partial charge in [-0.2, -0.15) is 0 Å². The second kappa shape index (κ2) is 12.4. The number of rotatable bonds is 3. The third-order valence-electron chi connectivity index (χ3n) is 7.78. The average molecular weight is 721 g/mol. The maximum absolute atomic E-state index is 4.71. The van der Waals surface area contributed by atoms with Gasteiger partial charge in [0, 0.05) is 32.5 Å². The first kappa shape index (κ1) is 29.3. The number of nitrogens with zero attached hydrogens (tertiary/aromatic N) is 2. The molecule has 2 nitrogen and oxygen atoms in total. The van der Waals surface area contributed by atoms with Crippen molar-refractivity contribution >= 4 is 0 Å². The van der Waals surface area contributed by atoms with Crippen molar-refractivity contribution < 1.29 is 20.1 Å². The maximum Gasteiger partial charge on any atom is 0.0166 e. The quantitative estimate of drug-likeness (QED) is 0.170. The molecule has 2 heterocycles. The first-order valence-corrected chi connectivity index (χ1v) is 14.0. The van der Waals surface area contributed by atoms with Crippen LogP contribution in [0.15, 0.2) is 122 Å². The van der Waals surface area contributed by atoms with Crippen LogP contribution in [0.1, 0.15) is 36.1 Å². The van der Waals surface area contributed by atoms with Crippen LogP contribution in [-0.2, 0) is 25.5 Å². The van der Waals surface area contributed by atoms with Crippen molar-refractivity contribution in [3.63, 3.8) is 0 Å². The van der Waals surface area contributed by atoms with Gasteiger partial charge in [-0.15, -0.1) is 64.7 Å². The SMILES string of the molecule is CC1(C)c2ccccc2-c2cc[c-]c(-c3cc(-c4ccccc4)ccn3)c21.Cc1cc[c-]c(-c2cc(C)ccn2)c1.[Ir]. The van der Waals surface area contributed by atoms with Crippen LogP contribution in [0.2, 0.25) is 0 Å². The molecule has 1 radical (unpaired) electrons. The Kier molecular flexibility index (Phi) is 8.64. The van der Waals surface area contributed by atoms with Crippen molar-refractivity contribution in [3.8, 4) is 44.8 Å². The van der Waals surface area contributed by atoms with Crippen molar-refractivity contribution in [2.75, 3.05) is 0 Å². The minimum absolute atomic E-state index is 0. The van der Waals surface area contributed by atoms with E-state index in [9.17, 15) is 0 Å². The van der Waals surface area contributed by atoms with Crippen LogP contribution in [0, 0.1) is 26.0 Å². The van der Waals surface area contributed by atoms with Crippen molar-refractivity contribution in [2.24, 2.45) is 0 Å². The predicted molar refractivity (Wildman–Crippen MR) is 169 cm³/mol. The van der Waals surface area contributed by atoms with E-state index in [0.717, 1.165) is 22.5 Å². The topological polar surface area (TPSA) is 25.8 Å². The van der Waals surface area contributed by atoms with Crippen LogP contribution in [0.25, 0.3) is 44.8 Å². The van der Waals surface area contributed by atoms with Gasteiger partial charge in [0.05, 0.1) is 0 Å². The number of aromatic nitrogens is 2. The van der Waals surface area contributed by atoms with Gasteiger partial charge in [-0.25, -0.2) is 0 Å². The van der Waals surface area contributed by atoms with Crippen molar-refractivity contribution in [3.05, 3.63) is 156 Å². The summed E-state index contributed by atoms with van der Waals surface area (Å²) in [6.45, 7) is 8.75. The van der Waals surface area contributed by atoms with Crippen LogP contribution < -0.4 is 0 Å². The van der Waals surface area contributed by atoms with E-state index in [4.69, 9.17) is 4.98 Å². The monoisotopic (exact) mass is 721 g/mol. The van der Waals surface area contributed by atoms with Gasteiger partial charge in [0.2, 0.25) is 0 Å². The molecule has 1 aliphatic carbocycles. The van der Waals surface area contributed by atoms with Gasteiger partial charge in [0.25, 0.3) is 0 Å². The van der Waals surface area contributed by atoms with E-state index in [-0.39, 0.29) is 25.5 Å².